The van der Waals surface area contributed by atoms with E-state index < -0.39 is 11.4 Å². The molecule has 0 aliphatic heterocycles. The summed E-state index contributed by atoms with van der Waals surface area (Å²) in [6.45, 7) is 8.84. The van der Waals surface area contributed by atoms with E-state index in [0.717, 1.165) is 25.7 Å². The van der Waals surface area contributed by atoms with Crippen LogP contribution in [0.15, 0.2) is 0 Å². The van der Waals surface area contributed by atoms with Crippen molar-refractivity contribution in [2.24, 2.45) is 5.92 Å². The molecule has 2 atom stereocenters. The molecule has 0 amide bonds. The first-order chi connectivity index (χ1) is 7.06. The summed E-state index contributed by atoms with van der Waals surface area (Å²) < 4.78 is 21.4. The topological polar surface area (TPSA) is 35.5 Å². The van der Waals surface area contributed by atoms with Gasteiger partial charge < -0.3 is 0 Å². The Bertz CT molecular complexity index is 171. The van der Waals surface area contributed by atoms with Crippen LogP contribution in [0, 0.1) is 5.92 Å². The van der Waals surface area contributed by atoms with Crippen LogP contribution >= 0.6 is 0 Å². The highest BCUT2D eigenvalue weighted by Gasteiger charge is 2.07. The van der Waals surface area contributed by atoms with E-state index in [0.29, 0.717) is 12.5 Å². The standard InChI is InChI=1S/C11H24O3S/c1-5-7-11(4)14-15(12)13-9-6-8-10(2)3/h10-11H,5-9H2,1-4H3. The maximum absolute atomic E-state index is 11.2. The normalized spacial score (nSPS) is 15.5. The highest BCUT2D eigenvalue weighted by atomic mass is 32.2. The van der Waals surface area contributed by atoms with Crippen LogP contribution in [0.3, 0.4) is 0 Å². The van der Waals surface area contributed by atoms with Crippen LogP contribution < -0.4 is 0 Å². The Labute approximate surface area is 96.4 Å². The molecule has 0 spiro atoms. The monoisotopic (exact) mass is 236 g/mol. The SMILES string of the molecule is CCCC(C)OS(=O)OCCCC(C)C. The zero-order valence-corrected chi connectivity index (χ0v) is 11.1. The Balaban J connectivity index is 3.40. The van der Waals surface area contributed by atoms with Gasteiger partial charge in [0.1, 0.15) is 0 Å². The number of rotatable bonds is 9. The predicted molar refractivity (Wildman–Crippen MR) is 63.6 cm³/mol. The van der Waals surface area contributed by atoms with Gasteiger partial charge in [-0.05, 0) is 32.1 Å². The molecule has 0 heterocycles. The van der Waals surface area contributed by atoms with Crippen LogP contribution in [-0.2, 0) is 19.7 Å². The summed E-state index contributed by atoms with van der Waals surface area (Å²) in [4.78, 5) is 0. The molecule has 0 radical (unpaired) electrons. The summed E-state index contributed by atoms with van der Waals surface area (Å²) in [6, 6.07) is 0. The molecule has 4 heteroatoms. The molecule has 0 N–H and O–H groups in total. The lowest BCUT2D eigenvalue weighted by Gasteiger charge is -2.10. The first kappa shape index (κ1) is 15.1. The third kappa shape index (κ3) is 10.4. The van der Waals surface area contributed by atoms with E-state index in [1.165, 1.54) is 0 Å². The van der Waals surface area contributed by atoms with E-state index in [9.17, 15) is 4.21 Å². The second-order valence-electron chi connectivity index (χ2n) is 4.26. The third-order valence-corrected chi connectivity index (χ3v) is 2.89. The van der Waals surface area contributed by atoms with Crippen molar-refractivity contribution in [2.45, 2.75) is 59.5 Å². The Morgan fingerprint density at radius 2 is 1.87 bits per heavy atom. The minimum Gasteiger partial charge on any atom is -0.268 e. The molecular weight excluding hydrogens is 212 g/mol. The van der Waals surface area contributed by atoms with E-state index in [1.807, 2.05) is 6.92 Å². The van der Waals surface area contributed by atoms with Gasteiger partial charge in [0.25, 0.3) is 0 Å². The Morgan fingerprint density at radius 1 is 1.20 bits per heavy atom. The quantitative estimate of drug-likeness (QED) is 0.577. The second-order valence-corrected chi connectivity index (χ2v) is 5.09. The van der Waals surface area contributed by atoms with Gasteiger partial charge in [-0.2, -0.15) is 4.21 Å². The van der Waals surface area contributed by atoms with Crippen LogP contribution in [0.4, 0.5) is 0 Å². The van der Waals surface area contributed by atoms with Crippen molar-refractivity contribution < 1.29 is 12.6 Å². The molecule has 0 fully saturated rings. The molecule has 3 nitrogen and oxygen atoms in total. The van der Waals surface area contributed by atoms with Crippen molar-refractivity contribution in [3.05, 3.63) is 0 Å². The largest absolute Gasteiger partial charge is 0.304 e. The van der Waals surface area contributed by atoms with Crippen molar-refractivity contribution in [3.63, 3.8) is 0 Å². The van der Waals surface area contributed by atoms with Crippen LogP contribution in [0.1, 0.15) is 53.4 Å². The van der Waals surface area contributed by atoms with Gasteiger partial charge >= 0.3 is 11.4 Å². The molecule has 0 saturated heterocycles. The Kier molecular flexibility index (Phi) is 9.35. The van der Waals surface area contributed by atoms with Crippen LogP contribution in [0.25, 0.3) is 0 Å². The average molecular weight is 236 g/mol. The van der Waals surface area contributed by atoms with E-state index in [1.54, 1.807) is 0 Å². The molecule has 15 heavy (non-hydrogen) atoms. The minimum atomic E-state index is -1.57. The van der Waals surface area contributed by atoms with Crippen molar-refractivity contribution in [2.75, 3.05) is 6.61 Å². The first-order valence-electron chi connectivity index (χ1n) is 5.78. The smallest absolute Gasteiger partial charge is 0.268 e. The molecule has 92 valence electrons. The van der Waals surface area contributed by atoms with Crippen LogP contribution in [-0.4, -0.2) is 16.9 Å². The fraction of sp³-hybridized carbons (Fsp3) is 1.00. The van der Waals surface area contributed by atoms with Gasteiger partial charge in [-0.25, -0.2) is 0 Å². The summed E-state index contributed by atoms with van der Waals surface area (Å²) in [6.07, 6.45) is 4.00. The minimum absolute atomic E-state index is 0.0148. The lowest BCUT2D eigenvalue weighted by Crippen LogP contribution is -2.12. The van der Waals surface area contributed by atoms with E-state index >= 15 is 0 Å². The van der Waals surface area contributed by atoms with Crippen molar-refractivity contribution in [1.29, 1.82) is 0 Å². The molecule has 2 unspecified atom stereocenters. The predicted octanol–water partition coefficient (Wildman–Crippen LogP) is 3.22. The summed E-state index contributed by atoms with van der Waals surface area (Å²) in [5.74, 6) is 0.668. The van der Waals surface area contributed by atoms with Crippen molar-refractivity contribution in [3.8, 4) is 0 Å². The lowest BCUT2D eigenvalue weighted by atomic mass is 10.1. The average Bonchev–Trinajstić information content (AvgIpc) is 2.12. The van der Waals surface area contributed by atoms with Gasteiger partial charge in [-0.1, -0.05) is 27.2 Å². The van der Waals surface area contributed by atoms with Crippen molar-refractivity contribution in [1.82, 2.24) is 0 Å². The maximum atomic E-state index is 11.2. The van der Waals surface area contributed by atoms with Gasteiger partial charge in [-0.15, -0.1) is 0 Å². The molecule has 0 bridgehead atoms. The van der Waals surface area contributed by atoms with Gasteiger partial charge in [0.15, 0.2) is 0 Å². The molecule has 0 aliphatic rings. The van der Waals surface area contributed by atoms with Gasteiger partial charge in [0.05, 0.1) is 12.7 Å². The molecule has 0 saturated carbocycles. The number of hydrogen-bond acceptors (Lipinski definition) is 3. The maximum Gasteiger partial charge on any atom is 0.304 e. The lowest BCUT2D eigenvalue weighted by molar-refractivity contribution is 0.184. The molecular formula is C11H24O3S. The summed E-state index contributed by atoms with van der Waals surface area (Å²) >= 11 is -1.57. The summed E-state index contributed by atoms with van der Waals surface area (Å²) in [5.41, 5.74) is 0. The summed E-state index contributed by atoms with van der Waals surface area (Å²) in [7, 11) is 0. The zero-order valence-electron chi connectivity index (χ0n) is 10.3. The molecule has 0 rings (SSSR count). The van der Waals surface area contributed by atoms with E-state index in [2.05, 4.69) is 20.8 Å². The molecule has 0 aromatic heterocycles. The Morgan fingerprint density at radius 3 is 2.40 bits per heavy atom. The zero-order chi connectivity index (χ0) is 11.7. The highest BCUT2D eigenvalue weighted by molar-refractivity contribution is 7.75. The van der Waals surface area contributed by atoms with Gasteiger partial charge in [0, 0.05) is 0 Å². The summed E-state index contributed by atoms with van der Waals surface area (Å²) in [5, 5.41) is 0. The second kappa shape index (κ2) is 9.31. The fourth-order valence-electron chi connectivity index (χ4n) is 1.24. The Hall–Kier alpha value is 0.0700. The van der Waals surface area contributed by atoms with Crippen LogP contribution in [0.2, 0.25) is 0 Å². The fourth-order valence-corrected chi connectivity index (χ4v) is 1.91. The number of hydrogen-bond donors (Lipinski definition) is 0. The highest BCUT2D eigenvalue weighted by Crippen LogP contribution is 2.07. The molecule has 0 aliphatic carbocycles. The first-order valence-corrected chi connectivity index (χ1v) is 6.78. The van der Waals surface area contributed by atoms with E-state index in [4.69, 9.17) is 8.37 Å². The van der Waals surface area contributed by atoms with E-state index in [-0.39, 0.29) is 6.10 Å². The molecule has 0 aromatic rings. The van der Waals surface area contributed by atoms with Gasteiger partial charge in [0.2, 0.25) is 0 Å². The third-order valence-electron chi connectivity index (χ3n) is 2.04. The molecule has 0 aromatic carbocycles. The van der Waals surface area contributed by atoms with Gasteiger partial charge in [-0.3, -0.25) is 8.37 Å². The van der Waals surface area contributed by atoms with Crippen LogP contribution in [0.5, 0.6) is 0 Å². The van der Waals surface area contributed by atoms with Crippen molar-refractivity contribution >= 4 is 11.4 Å².